The minimum Gasteiger partial charge on any atom is -0.379 e. The average Bonchev–Trinajstić information content (AvgIpc) is 2.90. The summed E-state index contributed by atoms with van der Waals surface area (Å²) in [6.45, 7) is 0. The Morgan fingerprint density at radius 3 is 2.50 bits per heavy atom. The van der Waals surface area contributed by atoms with Crippen molar-refractivity contribution in [3.63, 3.8) is 0 Å². The highest BCUT2D eigenvalue weighted by atomic mass is 16.5. The summed E-state index contributed by atoms with van der Waals surface area (Å²) in [5.74, 6) is -0.521. The van der Waals surface area contributed by atoms with E-state index in [4.69, 9.17) is 4.74 Å². The summed E-state index contributed by atoms with van der Waals surface area (Å²) < 4.78 is 5.44. The normalized spacial score (nSPS) is 25.9. The maximum absolute atomic E-state index is 11.8. The van der Waals surface area contributed by atoms with Crippen LogP contribution in [0.4, 0.5) is 0 Å². The molecule has 0 bridgehead atoms. The van der Waals surface area contributed by atoms with Gasteiger partial charge in [0.15, 0.2) is 0 Å². The summed E-state index contributed by atoms with van der Waals surface area (Å²) in [6, 6.07) is 7.54. The molecule has 0 spiro atoms. The lowest BCUT2D eigenvalue weighted by Gasteiger charge is -2.27. The average molecular weight is 243 g/mol. The second kappa shape index (κ2) is 4.07. The first-order valence-electron chi connectivity index (χ1n) is 5.88. The topological polar surface area (TPSA) is 46.6 Å². The fourth-order valence-electron chi connectivity index (χ4n) is 2.74. The zero-order valence-corrected chi connectivity index (χ0v) is 10.00. The molecule has 0 unspecified atom stereocenters. The highest BCUT2D eigenvalue weighted by Gasteiger charge is 2.42. The van der Waals surface area contributed by atoms with Crippen molar-refractivity contribution in [1.82, 2.24) is 4.90 Å². The van der Waals surface area contributed by atoms with Crippen LogP contribution in [-0.2, 0) is 20.7 Å². The Balaban J connectivity index is 2.04. The standard InChI is InChI=1S/C14H13NO3/c1-18-11-8-9-4-2-3-5-10(9)14(11)15-12(16)6-7-13(15)17/h2-7,11,14H,8H2,1H3/t11-,14-/m0/s1. The summed E-state index contributed by atoms with van der Waals surface area (Å²) in [7, 11) is 1.61. The third kappa shape index (κ3) is 1.49. The summed E-state index contributed by atoms with van der Waals surface area (Å²) in [4.78, 5) is 24.9. The second-order valence-electron chi connectivity index (χ2n) is 4.50. The minimum atomic E-state index is -0.304. The van der Waals surface area contributed by atoms with Gasteiger partial charge in [0, 0.05) is 25.7 Å². The molecular weight excluding hydrogens is 230 g/mol. The molecule has 4 nitrogen and oxygen atoms in total. The van der Waals surface area contributed by atoms with E-state index in [0.717, 1.165) is 17.5 Å². The zero-order chi connectivity index (χ0) is 12.7. The fourth-order valence-corrected chi connectivity index (χ4v) is 2.74. The SMILES string of the molecule is CO[C@H]1Cc2ccccc2[C@@H]1N1C(=O)C=CC1=O. The molecule has 1 aromatic carbocycles. The third-order valence-corrected chi connectivity index (χ3v) is 3.57. The van der Waals surface area contributed by atoms with Gasteiger partial charge < -0.3 is 4.74 Å². The van der Waals surface area contributed by atoms with Crippen molar-refractivity contribution >= 4 is 11.8 Å². The molecule has 1 aromatic rings. The van der Waals surface area contributed by atoms with Gasteiger partial charge >= 0.3 is 0 Å². The van der Waals surface area contributed by atoms with E-state index in [1.165, 1.54) is 17.1 Å². The van der Waals surface area contributed by atoms with Crippen molar-refractivity contribution in [1.29, 1.82) is 0 Å². The number of fused-ring (bicyclic) bond motifs is 1. The Morgan fingerprint density at radius 1 is 1.17 bits per heavy atom. The van der Waals surface area contributed by atoms with E-state index in [0.29, 0.717) is 0 Å². The molecule has 0 aromatic heterocycles. The molecule has 1 heterocycles. The van der Waals surface area contributed by atoms with E-state index in [-0.39, 0.29) is 24.0 Å². The fraction of sp³-hybridized carbons (Fsp3) is 0.286. The highest BCUT2D eigenvalue weighted by Crippen LogP contribution is 2.38. The maximum atomic E-state index is 11.8. The number of carbonyl (C=O) groups excluding carboxylic acids is 2. The molecule has 0 radical (unpaired) electrons. The molecule has 3 rings (SSSR count). The summed E-state index contributed by atoms with van der Waals surface area (Å²) in [5, 5.41) is 0. The molecule has 0 saturated carbocycles. The van der Waals surface area contributed by atoms with E-state index in [2.05, 4.69) is 0 Å². The first-order valence-corrected chi connectivity index (χ1v) is 5.88. The van der Waals surface area contributed by atoms with Crippen molar-refractivity contribution in [2.24, 2.45) is 0 Å². The van der Waals surface area contributed by atoms with Crippen LogP contribution in [0.1, 0.15) is 17.2 Å². The first kappa shape index (κ1) is 11.2. The maximum Gasteiger partial charge on any atom is 0.254 e. The summed E-state index contributed by atoms with van der Waals surface area (Å²) in [6.07, 6.45) is 3.20. The number of hydrogen-bond acceptors (Lipinski definition) is 3. The zero-order valence-electron chi connectivity index (χ0n) is 10.00. The summed E-state index contributed by atoms with van der Waals surface area (Å²) in [5.41, 5.74) is 2.15. The number of rotatable bonds is 2. The molecule has 1 aliphatic heterocycles. The Bertz CT molecular complexity index is 532. The van der Waals surface area contributed by atoms with Crippen LogP contribution in [0.5, 0.6) is 0 Å². The quantitative estimate of drug-likeness (QED) is 0.734. The van der Waals surface area contributed by atoms with Crippen LogP contribution in [0, 0.1) is 0 Å². The van der Waals surface area contributed by atoms with Crippen LogP contribution in [0.2, 0.25) is 0 Å². The van der Waals surface area contributed by atoms with Crippen LogP contribution >= 0.6 is 0 Å². The molecule has 0 fully saturated rings. The van der Waals surface area contributed by atoms with E-state index in [1.807, 2.05) is 24.3 Å². The lowest BCUT2D eigenvalue weighted by molar-refractivity contribution is -0.142. The lowest BCUT2D eigenvalue weighted by Crippen LogP contribution is -2.39. The van der Waals surface area contributed by atoms with E-state index in [9.17, 15) is 9.59 Å². The molecule has 92 valence electrons. The number of carbonyl (C=O) groups is 2. The number of methoxy groups -OCH3 is 1. The van der Waals surface area contributed by atoms with Crippen molar-refractivity contribution < 1.29 is 14.3 Å². The predicted octanol–water partition coefficient (Wildman–Crippen LogP) is 1.22. The van der Waals surface area contributed by atoms with Crippen LogP contribution in [-0.4, -0.2) is 29.9 Å². The Morgan fingerprint density at radius 2 is 1.83 bits per heavy atom. The smallest absolute Gasteiger partial charge is 0.254 e. The van der Waals surface area contributed by atoms with Crippen molar-refractivity contribution in [2.75, 3.05) is 7.11 Å². The molecule has 2 aliphatic rings. The van der Waals surface area contributed by atoms with Crippen molar-refractivity contribution in [2.45, 2.75) is 18.6 Å². The Hall–Kier alpha value is -1.94. The van der Waals surface area contributed by atoms with Gasteiger partial charge in [-0.15, -0.1) is 0 Å². The van der Waals surface area contributed by atoms with Gasteiger partial charge in [-0.3, -0.25) is 14.5 Å². The number of imide groups is 1. The van der Waals surface area contributed by atoms with Gasteiger partial charge in [-0.25, -0.2) is 0 Å². The Kier molecular flexibility index (Phi) is 2.52. The molecule has 0 saturated heterocycles. The van der Waals surface area contributed by atoms with Crippen LogP contribution in [0.3, 0.4) is 0 Å². The number of ether oxygens (including phenoxy) is 1. The van der Waals surface area contributed by atoms with E-state index >= 15 is 0 Å². The predicted molar refractivity (Wildman–Crippen MR) is 64.7 cm³/mol. The largest absolute Gasteiger partial charge is 0.379 e. The third-order valence-electron chi connectivity index (χ3n) is 3.57. The molecule has 0 N–H and O–H groups in total. The molecule has 2 atom stereocenters. The van der Waals surface area contributed by atoms with Gasteiger partial charge in [0.2, 0.25) is 0 Å². The number of benzene rings is 1. The van der Waals surface area contributed by atoms with Crippen LogP contribution in [0.15, 0.2) is 36.4 Å². The van der Waals surface area contributed by atoms with Gasteiger partial charge in [0.1, 0.15) is 0 Å². The molecule has 4 heteroatoms. The first-order chi connectivity index (χ1) is 8.72. The lowest BCUT2D eigenvalue weighted by atomic mass is 10.1. The minimum absolute atomic E-state index is 0.157. The highest BCUT2D eigenvalue weighted by molar-refractivity contribution is 6.13. The molecule has 2 amide bonds. The monoisotopic (exact) mass is 243 g/mol. The van der Waals surface area contributed by atoms with Gasteiger partial charge in [-0.05, 0) is 11.1 Å². The van der Waals surface area contributed by atoms with Gasteiger partial charge in [0.25, 0.3) is 11.8 Å². The van der Waals surface area contributed by atoms with Gasteiger partial charge in [0.05, 0.1) is 12.1 Å². The number of hydrogen-bond donors (Lipinski definition) is 0. The van der Waals surface area contributed by atoms with Gasteiger partial charge in [-0.1, -0.05) is 24.3 Å². The van der Waals surface area contributed by atoms with Crippen molar-refractivity contribution in [3.05, 3.63) is 47.5 Å². The van der Waals surface area contributed by atoms with Crippen molar-refractivity contribution in [3.8, 4) is 0 Å². The molecular formula is C14H13NO3. The number of nitrogens with zero attached hydrogens (tertiary/aromatic N) is 1. The second-order valence-corrected chi connectivity index (χ2v) is 4.50. The van der Waals surface area contributed by atoms with Gasteiger partial charge in [-0.2, -0.15) is 0 Å². The van der Waals surface area contributed by atoms with Crippen LogP contribution < -0.4 is 0 Å². The molecule has 1 aliphatic carbocycles. The van der Waals surface area contributed by atoms with E-state index in [1.54, 1.807) is 7.11 Å². The Labute approximate surface area is 105 Å². The summed E-state index contributed by atoms with van der Waals surface area (Å²) >= 11 is 0. The van der Waals surface area contributed by atoms with Crippen LogP contribution in [0.25, 0.3) is 0 Å². The number of amides is 2. The van der Waals surface area contributed by atoms with E-state index < -0.39 is 0 Å². The molecule has 18 heavy (non-hydrogen) atoms.